The summed E-state index contributed by atoms with van der Waals surface area (Å²) >= 11 is 2.16. The quantitative estimate of drug-likeness (QED) is 0.203. The maximum atomic E-state index is 13.6. The summed E-state index contributed by atoms with van der Waals surface area (Å²) in [5.41, 5.74) is -0.400. The van der Waals surface area contributed by atoms with Gasteiger partial charge in [-0.2, -0.15) is 0 Å². The zero-order valence-electron chi connectivity index (χ0n) is 28.9. The van der Waals surface area contributed by atoms with Gasteiger partial charge in [0.2, 0.25) is 32.0 Å². The predicted octanol–water partition coefficient (Wildman–Crippen LogP) is 6.11. The van der Waals surface area contributed by atoms with E-state index >= 15 is 0 Å². The van der Waals surface area contributed by atoms with Crippen molar-refractivity contribution >= 4 is 114 Å². The van der Waals surface area contributed by atoms with Crippen LogP contribution in [0.1, 0.15) is 5.56 Å². The number of carbonyl (C=O) groups excluding carboxylic acids is 1. The van der Waals surface area contributed by atoms with Gasteiger partial charge < -0.3 is 4.74 Å². The number of thiazole rings is 2. The van der Waals surface area contributed by atoms with Gasteiger partial charge in [-0.25, -0.2) is 24.7 Å². The molecule has 0 bridgehead atoms. The molecular formula is C42H19N7O6S2. The lowest BCUT2D eigenvalue weighted by atomic mass is 10.1. The highest BCUT2D eigenvalue weighted by Crippen LogP contribution is 2.43. The molecule has 0 saturated carbocycles. The van der Waals surface area contributed by atoms with Crippen LogP contribution in [0.3, 0.4) is 0 Å². The molecule has 11 aromatic rings. The van der Waals surface area contributed by atoms with Gasteiger partial charge in [0.05, 0.1) is 9.40 Å². The molecule has 0 aliphatic heterocycles. The van der Waals surface area contributed by atoms with Gasteiger partial charge in [0, 0.05) is 21.5 Å². The van der Waals surface area contributed by atoms with Crippen LogP contribution in [0.5, 0.6) is 0 Å². The fourth-order valence-corrected chi connectivity index (χ4v) is 9.19. The van der Waals surface area contributed by atoms with E-state index in [0.29, 0.717) is 9.40 Å². The van der Waals surface area contributed by atoms with E-state index in [4.69, 9.17) is 14.7 Å². The Bertz CT molecular complexity index is 3530. The highest BCUT2D eigenvalue weighted by atomic mass is 32.1. The third-order valence-corrected chi connectivity index (χ3v) is 12.0. The molecule has 0 amide bonds. The van der Waals surface area contributed by atoms with E-state index in [1.807, 2.05) is 78.9 Å². The number of hydrogen-bond acceptors (Lipinski definition) is 14. The second-order valence-corrected chi connectivity index (χ2v) is 15.3. The van der Waals surface area contributed by atoms with Crippen LogP contribution in [0.2, 0.25) is 0 Å². The first-order valence-electron chi connectivity index (χ1n) is 17.4. The summed E-state index contributed by atoms with van der Waals surface area (Å²) in [6.07, 6.45) is -0.859. The first-order valence-corrected chi connectivity index (χ1v) is 19.1. The summed E-state index contributed by atoms with van der Waals surface area (Å²) < 4.78 is 6.50. The van der Waals surface area contributed by atoms with Crippen molar-refractivity contribution in [3.63, 3.8) is 0 Å². The van der Waals surface area contributed by atoms with Crippen molar-refractivity contribution in [3.8, 4) is 0 Å². The van der Waals surface area contributed by atoms with E-state index in [2.05, 4.69) is 20.2 Å². The van der Waals surface area contributed by atoms with Crippen molar-refractivity contribution in [1.82, 2.24) is 25.0 Å². The van der Waals surface area contributed by atoms with Gasteiger partial charge in [0.25, 0.3) is 0 Å². The molecule has 0 saturated heterocycles. The van der Waals surface area contributed by atoms with Crippen molar-refractivity contribution in [1.29, 1.82) is 0 Å². The van der Waals surface area contributed by atoms with Crippen LogP contribution in [-0.2, 0) is 11.3 Å². The number of rotatable bonds is 4. The summed E-state index contributed by atoms with van der Waals surface area (Å²) in [5, 5.41) is 12.8. The molecule has 0 fully saturated rings. The Hall–Kier alpha value is -7.49. The van der Waals surface area contributed by atoms with Crippen LogP contribution in [0.25, 0.3) is 74.6 Å². The first kappa shape index (κ1) is 32.9. The number of aromatic nitrogens is 5. The second-order valence-electron chi connectivity index (χ2n) is 13.3. The largest absolute Gasteiger partial charge is 0.452 e. The predicted molar refractivity (Wildman–Crippen MR) is 219 cm³/mol. The van der Waals surface area contributed by atoms with Crippen molar-refractivity contribution in [3.05, 3.63) is 160 Å². The van der Waals surface area contributed by atoms with Gasteiger partial charge in [0.1, 0.15) is 28.7 Å². The first-order chi connectivity index (χ1) is 27.8. The molecule has 15 heteroatoms. The minimum Gasteiger partial charge on any atom is -0.442 e. The molecule has 0 N–H and O–H groups in total. The lowest BCUT2D eigenvalue weighted by Crippen LogP contribution is -2.31. The number of carbonyl (C=O) groups is 1. The van der Waals surface area contributed by atoms with Crippen LogP contribution in [0, 0.1) is 0 Å². The molecule has 0 radical (unpaired) electrons. The highest BCUT2D eigenvalue weighted by Gasteiger charge is 2.24. The Morgan fingerprint density at radius 3 is 1.33 bits per heavy atom. The highest BCUT2D eigenvalue weighted by molar-refractivity contribution is 7.30. The van der Waals surface area contributed by atoms with E-state index in [9.17, 15) is 24.0 Å². The summed E-state index contributed by atoms with van der Waals surface area (Å²) in [6, 6.07) is 30.8. The molecule has 0 unspecified atom stereocenters. The number of fused-ring (bicyclic) bond motifs is 10. The van der Waals surface area contributed by atoms with Crippen molar-refractivity contribution < 1.29 is 9.53 Å². The standard InChI is InChI=1S/C42H19N7O6S2/c50-34-24-14-20-10-4-5-11-21(20)15-25(24)35(51)32(34)45-40-43-30-28-29(48-49(47-28)42(54)55-18-19-8-2-1-3-9-19)31-39(38(30)56-40)57-41(44-31)46-33-36(52)26-16-22-12-6-7-13-23(22)17-27(26)37(33)53/h1-17H,18H2. The maximum absolute atomic E-state index is 13.6. The summed E-state index contributed by atoms with van der Waals surface area (Å²) in [7, 11) is 0. The molecule has 13 nitrogen and oxygen atoms in total. The van der Waals surface area contributed by atoms with Gasteiger partial charge in [-0.3, -0.25) is 19.2 Å². The zero-order valence-corrected chi connectivity index (χ0v) is 30.6. The van der Waals surface area contributed by atoms with E-state index in [-0.39, 0.29) is 71.2 Å². The Morgan fingerprint density at radius 2 is 0.930 bits per heavy atom. The number of nitrogens with zero attached hydrogens (tertiary/aromatic N) is 7. The van der Waals surface area contributed by atoms with Gasteiger partial charge in [-0.1, -0.05) is 106 Å². The van der Waals surface area contributed by atoms with Gasteiger partial charge in [-0.15, -0.1) is 10.2 Å². The maximum Gasteiger partial charge on any atom is 0.452 e. The molecule has 0 spiro atoms. The molecule has 0 aliphatic carbocycles. The van der Waals surface area contributed by atoms with Crippen LogP contribution in [0.15, 0.2) is 132 Å². The normalized spacial score (nSPS) is 11.9. The summed E-state index contributed by atoms with van der Waals surface area (Å²) in [4.78, 5) is 86.7. The van der Waals surface area contributed by atoms with Crippen molar-refractivity contribution in [2.24, 2.45) is 9.98 Å². The average Bonchev–Trinajstić information content (AvgIpc) is 4.05. The Labute approximate surface area is 323 Å². The second kappa shape index (κ2) is 12.3. The van der Waals surface area contributed by atoms with E-state index < -0.39 is 27.8 Å². The average molecular weight is 782 g/mol. The smallest absolute Gasteiger partial charge is 0.442 e. The number of hydrogen-bond donors (Lipinski definition) is 0. The molecule has 57 heavy (non-hydrogen) atoms. The molecule has 0 atom stereocenters. The van der Waals surface area contributed by atoms with Gasteiger partial charge in [0.15, 0.2) is 10.7 Å². The minimum absolute atomic E-state index is 0.0287. The fraction of sp³-hybridized carbons (Fsp3) is 0.0238. The molecule has 3 aromatic heterocycles. The SMILES string of the molecule is O=C(OCc1ccccc1)n1nc2c(n1)c1nc(N=c3c(=O)c4cc5ccccc5cc4c3=O)sc1c1sc(N=c3c(=O)c4cc5ccccc5cc4c3=O)nc21. The molecular weight excluding hydrogens is 763 g/mol. The Morgan fingerprint density at radius 1 is 0.544 bits per heavy atom. The summed E-state index contributed by atoms with van der Waals surface area (Å²) in [6.45, 7) is -0.0287. The van der Waals surface area contributed by atoms with Crippen LogP contribution >= 0.6 is 22.7 Å². The summed E-state index contributed by atoms with van der Waals surface area (Å²) in [5.74, 6) is 0. The Balaban J connectivity index is 1.12. The van der Waals surface area contributed by atoms with Crippen LogP contribution in [-0.4, -0.2) is 31.1 Å². The van der Waals surface area contributed by atoms with E-state index in [0.717, 1.165) is 54.6 Å². The third-order valence-electron chi connectivity index (χ3n) is 9.89. The van der Waals surface area contributed by atoms with Crippen molar-refractivity contribution in [2.45, 2.75) is 6.61 Å². The lowest BCUT2D eigenvalue weighted by Gasteiger charge is -2.02. The van der Waals surface area contributed by atoms with Crippen molar-refractivity contribution in [2.75, 3.05) is 0 Å². The molecule has 0 aliphatic rings. The van der Waals surface area contributed by atoms with E-state index in [1.165, 1.54) is 0 Å². The molecule has 270 valence electrons. The zero-order chi connectivity index (χ0) is 38.5. The third kappa shape index (κ3) is 5.10. The van der Waals surface area contributed by atoms with Crippen LogP contribution < -0.4 is 32.4 Å². The van der Waals surface area contributed by atoms with Gasteiger partial charge >= 0.3 is 6.09 Å². The number of ether oxygens (including phenoxy) is 1. The topological polar surface area (TPSA) is 176 Å². The minimum atomic E-state index is -0.859. The molecule has 11 rings (SSSR count). The monoisotopic (exact) mass is 781 g/mol. The fourth-order valence-electron chi connectivity index (χ4n) is 7.17. The Kier molecular flexibility index (Phi) is 7.08. The van der Waals surface area contributed by atoms with E-state index in [1.54, 1.807) is 24.3 Å². The van der Waals surface area contributed by atoms with Crippen LogP contribution in [0.4, 0.5) is 15.1 Å². The lowest BCUT2D eigenvalue weighted by molar-refractivity contribution is 0.134. The van der Waals surface area contributed by atoms with Gasteiger partial charge in [-0.05, 0) is 51.4 Å². The molecule has 8 aromatic carbocycles. The number of benzene rings is 6. The molecule has 3 heterocycles.